The molecular formula is C22H29ClF3N3O3. The van der Waals surface area contributed by atoms with Crippen LogP contribution < -0.4 is 4.74 Å². The number of carbonyl (C=O) groups is 1. The van der Waals surface area contributed by atoms with Gasteiger partial charge in [-0.15, -0.1) is 5.10 Å². The van der Waals surface area contributed by atoms with Gasteiger partial charge in [0.1, 0.15) is 11.3 Å². The van der Waals surface area contributed by atoms with Crippen LogP contribution in [0.3, 0.4) is 0 Å². The molecule has 0 saturated heterocycles. The number of aldehydes is 1. The number of pyridine rings is 1. The summed E-state index contributed by atoms with van der Waals surface area (Å²) in [5.74, 6) is -1.03. The van der Waals surface area contributed by atoms with Crippen LogP contribution in [0.1, 0.15) is 51.4 Å². The highest BCUT2D eigenvalue weighted by Crippen LogP contribution is 2.46. The third-order valence-corrected chi connectivity index (χ3v) is 4.46. The molecule has 2 atom stereocenters. The maximum absolute atomic E-state index is 12.4. The van der Waals surface area contributed by atoms with Gasteiger partial charge in [-0.2, -0.15) is 13.2 Å². The highest BCUT2D eigenvalue weighted by atomic mass is 35.5. The van der Waals surface area contributed by atoms with Crippen molar-refractivity contribution in [3.8, 4) is 11.7 Å². The molecule has 0 N–H and O–H groups in total. The van der Waals surface area contributed by atoms with Crippen molar-refractivity contribution in [1.29, 1.82) is 0 Å². The zero-order chi connectivity index (χ0) is 24.5. The molecule has 0 bridgehead atoms. The average Bonchev–Trinajstić information content (AvgIpc) is 3.36. The smallest absolute Gasteiger partial charge is 0.395 e. The van der Waals surface area contributed by atoms with Crippen molar-refractivity contribution in [3.05, 3.63) is 47.3 Å². The minimum absolute atomic E-state index is 0.0183. The quantitative estimate of drug-likeness (QED) is 0.305. The fourth-order valence-corrected chi connectivity index (χ4v) is 2.14. The maximum atomic E-state index is 12.4. The number of alkyl halides is 3. The van der Waals surface area contributed by atoms with Crippen molar-refractivity contribution in [3.63, 3.8) is 0 Å². The van der Waals surface area contributed by atoms with Crippen molar-refractivity contribution < 1.29 is 27.4 Å². The number of ether oxygens (including phenoxy) is 2. The van der Waals surface area contributed by atoms with Gasteiger partial charge in [-0.1, -0.05) is 23.8 Å². The fraction of sp³-hybridized carbons (Fsp3) is 0.500. The van der Waals surface area contributed by atoms with E-state index in [2.05, 4.69) is 10.1 Å². The third-order valence-electron chi connectivity index (χ3n) is 4.16. The van der Waals surface area contributed by atoms with E-state index >= 15 is 0 Å². The van der Waals surface area contributed by atoms with Crippen LogP contribution in [0.4, 0.5) is 13.2 Å². The number of methoxy groups -OCH3 is 1. The average molecular weight is 476 g/mol. The van der Waals surface area contributed by atoms with Gasteiger partial charge in [0, 0.05) is 19.4 Å². The van der Waals surface area contributed by atoms with Crippen molar-refractivity contribution in [2.75, 3.05) is 7.11 Å². The zero-order valence-corrected chi connectivity index (χ0v) is 19.7. The first-order valence-corrected chi connectivity index (χ1v) is 10.3. The van der Waals surface area contributed by atoms with Crippen LogP contribution in [-0.2, 0) is 4.74 Å². The van der Waals surface area contributed by atoms with E-state index in [1.165, 1.54) is 29.1 Å². The van der Waals surface area contributed by atoms with Crippen LogP contribution in [0.5, 0.6) is 5.88 Å². The second-order valence-electron chi connectivity index (χ2n) is 7.79. The van der Waals surface area contributed by atoms with Crippen molar-refractivity contribution in [1.82, 2.24) is 14.8 Å². The van der Waals surface area contributed by atoms with E-state index in [1.54, 1.807) is 7.11 Å². The first kappa shape index (κ1) is 27.6. The molecule has 6 nitrogen and oxygen atoms in total. The minimum atomic E-state index is -4.24. The second-order valence-corrected chi connectivity index (χ2v) is 8.15. The van der Waals surface area contributed by atoms with Gasteiger partial charge < -0.3 is 9.47 Å². The zero-order valence-electron chi connectivity index (χ0n) is 19.0. The summed E-state index contributed by atoms with van der Waals surface area (Å²) in [6.45, 7) is 10.1. The molecule has 0 spiro atoms. The van der Waals surface area contributed by atoms with Gasteiger partial charge in [-0.05, 0) is 53.2 Å². The normalized spacial score (nSPS) is 17.7. The number of hydrogen-bond acceptors (Lipinski definition) is 5. The molecule has 1 saturated carbocycles. The van der Waals surface area contributed by atoms with Crippen LogP contribution in [0.15, 0.2) is 36.5 Å². The fourth-order valence-electron chi connectivity index (χ4n) is 1.95. The molecule has 0 aromatic carbocycles. The van der Waals surface area contributed by atoms with E-state index in [9.17, 15) is 18.0 Å². The molecular weight excluding hydrogens is 447 g/mol. The van der Waals surface area contributed by atoms with E-state index < -0.39 is 18.2 Å². The van der Waals surface area contributed by atoms with Gasteiger partial charge in [-0.3, -0.25) is 4.79 Å². The van der Waals surface area contributed by atoms with Gasteiger partial charge >= 0.3 is 6.18 Å². The molecule has 1 aliphatic rings. The van der Waals surface area contributed by atoms with E-state index in [-0.39, 0.29) is 28.6 Å². The number of halogens is 4. The lowest BCUT2D eigenvalue weighted by Crippen LogP contribution is -2.16. The first-order valence-electron chi connectivity index (χ1n) is 9.89. The van der Waals surface area contributed by atoms with Gasteiger partial charge in [-0.25, -0.2) is 9.67 Å². The molecule has 2 unspecified atom stereocenters. The van der Waals surface area contributed by atoms with Gasteiger partial charge in [0.05, 0.1) is 17.1 Å². The molecule has 2 aromatic rings. The summed E-state index contributed by atoms with van der Waals surface area (Å²) in [6, 6.07) is 4.43. The lowest BCUT2D eigenvalue weighted by atomic mass is 10.2. The van der Waals surface area contributed by atoms with E-state index in [0.29, 0.717) is 12.1 Å². The standard InChI is InChI=1S/C13H9ClF3N3O2.C5H12O.C4H8/c14-12-7(6-21)1-2-10(18-12)20-4-3-11(19-20)22-9-5-8(9)13(15,16)17;1-5(2,3)6-4;1-3-4-2/h1-4,6,8-9H,5H2;1-4H3;3-4H,1-2H3/b;;4-3-. The molecule has 178 valence electrons. The number of allylic oxidation sites excluding steroid dienone is 2. The molecule has 10 heteroatoms. The van der Waals surface area contributed by atoms with E-state index in [1.807, 2.05) is 46.8 Å². The summed E-state index contributed by atoms with van der Waals surface area (Å²) in [6.07, 6.45) is 0.861. The molecule has 0 radical (unpaired) electrons. The number of rotatable bonds is 4. The number of carbonyl (C=O) groups excluding carboxylic acids is 1. The Hall–Kier alpha value is -2.39. The molecule has 1 fully saturated rings. The predicted octanol–water partition coefficient (Wildman–Crippen LogP) is 6.08. The van der Waals surface area contributed by atoms with Gasteiger partial charge in [0.2, 0.25) is 5.88 Å². The van der Waals surface area contributed by atoms with Crippen molar-refractivity contribution in [2.24, 2.45) is 5.92 Å². The monoisotopic (exact) mass is 475 g/mol. The summed E-state index contributed by atoms with van der Waals surface area (Å²) in [5.41, 5.74) is 0.278. The summed E-state index contributed by atoms with van der Waals surface area (Å²) >= 11 is 5.81. The van der Waals surface area contributed by atoms with Crippen LogP contribution in [0.25, 0.3) is 5.82 Å². The van der Waals surface area contributed by atoms with Gasteiger partial charge in [0.15, 0.2) is 12.1 Å². The lowest BCUT2D eigenvalue weighted by molar-refractivity contribution is -0.153. The second kappa shape index (κ2) is 12.0. The van der Waals surface area contributed by atoms with Crippen LogP contribution >= 0.6 is 11.6 Å². The Morgan fingerprint density at radius 3 is 2.16 bits per heavy atom. The van der Waals surface area contributed by atoms with Crippen molar-refractivity contribution >= 4 is 17.9 Å². The van der Waals surface area contributed by atoms with E-state index in [0.717, 1.165) is 0 Å². The molecule has 2 heterocycles. The first-order chi connectivity index (χ1) is 14.9. The Balaban J connectivity index is 0.000000432. The summed E-state index contributed by atoms with van der Waals surface area (Å²) < 4.78 is 48.7. The molecule has 2 aromatic heterocycles. The largest absolute Gasteiger partial charge is 0.473 e. The third kappa shape index (κ3) is 9.40. The molecule has 3 rings (SSSR count). The molecule has 1 aliphatic carbocycles. The Morgan fingerprint density at radius 2 is 1.75 bits per heavy atom. The number of nitrogens with zero attached hydrogens (tertiary/aromatic N) is 3. The highest BCUT2D eigenvalue weighted by Gasteiger charge is 2.57. The maximum Gasteiger partial charge on any atom is 0.395 e. The summed E-state index contributed by atoms with van der Waals surface area (Å²) in [5, 5.41) is 4.01. The Kier molecular flexibility index (Phi) is 10.4. The van der Waals surface area contributed by atoms with Crippen LogP contribution in [0.2, 0.25) is 5.15 Å². The Morgan fingerprint density at radius 1 is 1.16 bits per heavy atom. The Bertz CT molecular complexity index is 889. The molecule has 0 aliphatic heterocycles. The minimum Gasteiger partial charge on any atom is -0.473 e. The predicted molar refractivity (Wildman–Crippen MR) is 118 cm³/mol. The topological polar surface area (TPSA) is 66.2 Å². The van der Waals surface area contributed by atoms with Crippen molar-refractivity contribution in [2.45, 2.75) is 58.9 Å². The SMILES string of the molecule is C/C=C\C.COC(C)(C)C.O=Cc1ccc(-n2ccc(OC3CC3C(F)(F)F)n2)nc1Cl. The highest BCUT2D eigenvalue weighted by molar-refractivity contribution is 6.31. The lowest BCUT2D eigenvalue weighted by Gasteiger charge is -2.14. The molecule has 32 heavy (non-hydrogen) atoms. The number of hydrogen-bond donors (Lipinski definition) is 0. The molecule has 0 amide bonds. The number of aromatic nitrogens is 3. The van der Waals surface area contributed by atoms with Gasteiger partial charge in [0.25, 0.3) is 0 Å². The summed E-state index contributed by atoms with van der Waals surface area (Å²) in [4.78, 5) is 14.6. The Labute approximate surface area is 191 Å². The van der Waals surface area contributed by atoms with Crippen LogP contribution in [0, 0.1) is 5.92 Å². The summed E-state index contributed by atoms with van der Waals surface area (Å²) in [7, 11) is 1.71. The van der Waals surface area contributed by atoms with Crippen LogP contribution in [-0.4, -0.2) is 46.0 Å². The van der Waals surface area contributed by atoms with E-state index in [4.69, 9.17) is 21.1 Å².